The average Bonchev–Trinajstić information content (AvgIpc) is 3.18. The molecule has 3 aromatic rings. The first kappa shape index (κ1) is 30.1. The maximum absolute atomic E-state index is 13.2. The van der Waals surface area contributed by atoms with Gasteiger partial charge in [-0.2, -0.15) is 26.3 Å². The molecular formula is C25H26Cl2F6N6O. The molecule has 4 rings (SSSR count). The van der Waals surface area contributed by atoms with E-state index < -0.39 is 37.1 Å². The Hall–Kier alpha value is -2.90. The molecule has 40 heavy (non-hydrogen) atoms. The number of alkyl halides is 6. The normalized spacial score (nSPS) is 15.1. The number of nitrogens with two attached hydrogens (primary N) is 1. The van der Waals surface area contributed by atoms with Crippen LogP contribution < -0.4 is 21.3 Å². The summed E-state index contributed by atoms with van der Waals surface area (Å²) >= 11 is 12.8. The maximum Gasteiger partial charge on any atom is 0.391 e. The second-order valence-corrected chi connectivity index (χ2v) is 10.3. The number of hydrogen-bond acceptors (Lipinski definition) is 5. The molecule has 1 aliphatic rings. The van der Waals surface area contributed by atoms with E-state index in [4.69, 9.17) is 28.9 Å². The molecule has 0 radical (unpaired) electrons. The monoisotopic (exact) mass is 610 g/mol. The first-order valence-corrected chi connectivity index (χ1v) is 13.1. The van der Waals surface area contributed by atoms with Crippen molar-refractivity contribution >= 4 is 57.5 Å². The quantitative estimate of drug-likeness (QED) is 0.264. The van der Waals surface area contributed by atoms with Crippen molar-refractivity contribution in [3.05, 3.63) is 45.4 Å². The van der Waals surface area contributed by atoms with Crippen molar-refractivity contribution in [1.29, 1.82) is 0 Å². The number of aromatic nitrogens is 2. The van der Waals surface area contributed by atoms with Crippen molar-refractivity contribution in [2.75, 3.05) is 29.9 Å². The van der Waals surface area contributed by atoms with Crippen molar-refractivity contribution in [1.82, 2.24) is 14.9 Å². The van der Waals surface area contributed by atoms with Gasteiger partial charge >= 0.3 is 12.4 Å². The number of hydrogen-bond donors (Lipinski definition) is 3. The lowest BCUT2D eigenvalue weighted by molar-refractivity contribution is -0.179. The first-order chi connectivity index (χ1) is 18.7. The van der Waals surface area contributed by atoms with Gasteiger partial charge in [-0.25, -0.2) is 4.98 Å². The number of carbonyl (C=O) groups excluding carboxylic acids is 1. The van der Waals surface area contributed by atoms with Gasteiger partial charge in [-0.1, -0.05) is 29.3 Å². The Morgan fingerprint density at radius 2 is 1.80 bits per heavy atom. The molecule has 1 fully saturated rings. The summed E-state index contributed by atoms with van der Waals surface area (Å²) in [6.07, 6.45) is -10.4. The number of amides is 1. The van der Waals surface area contributed by atoms with Crippen LogP contribution in [0.2, 0.25) is 10.0 Å². The molecule has 0 spiro atoms. The van der Waals surface area contributed by atoms with E-state index in [0.717, 1.165) is 0 Å². The summed E-state index contributed by atoms with van der Waals surface area (Å²) < 4.78 is 79.3. The highest BCUT2D eigenvalue weighted by Crippen LogP contribution is 2.39. The van der Waals surface area contributed by atoms with Crippen molar-refractivity contribution in [2.45, 2.75) is 38.2 Å². The second kappa shape index (κ2) is 11.5. The van der Waals surface area contributed by atoms with Gasteiger partial charge in [-0.05, 0) is 36.6 Å². The highest BCUT2D eigenvalue weighted by molar-refractivity contribution is 6.39. The molecular weight excluding hydrogens is 585 g/mol. The average molecular weight is 611 g/mol. The Balaban J connectivity index is 1.72. The van der Waals surface area contributed by atoms with Gasteiger partial charge in [-0.3, -0.25) is 4.79 Å². The van der Waals surface area contributed by atoms with Crippen molar-refractivity contribution in [2.24, 2.45) is 18.7 Å². The minimum Gasteiger partial charge on any atom is -0.371 e. The van der Waals surface area contributed by atoms with Gasteiger partial charge in [0.25, 0.3) is 5.91 Å². The van der Waals surface area contributed by atoms with Gasteiger partial charge in [0.05, 0.1) is 50.4 Å². The fourth-order valence-electron chi connectivity index (χ4n) is 4.62. The van der Waals surface area contributed by atoms with E-state index in [1.807, 2.05) is 0 Å². The standard InChI is InChI=1S/C25H26Cl2F6N6O/c1-38-19-11-18(39-8-4-14(5-9-39)25(31,32)33)15(22(40)35-7-6-24(28,29)30)10-17(19)36-23(38)37-21-16(26)3-2-13(12-34)20(21)27/h2-3,10-11,14H,4-9,12,34H2,1H3,(H,35,40)(H,36,37). The molecule has 1 aromatic heterocycles. The van der Waals surface area contributed by atoms with Crippen LogP contribution in [0.3, 0.4) is 0 Å². The van der Waals surface area contributed by atoms with Gasteiger partial charge in [0.2, 0.25) is 5.95 Å². The Morgan fingerprint density at radius 1 is 1.12 bits per heavy atom. The summed E-state index contributed by atoms with van der Waals surface area (Å²) in [6, 6.07) is 6.31. The number of imidazole rings is 1. The van der Waals surface area contributed by atoms with E-state index in [1.54, 1.807) is 34.7 Å². The number of halogens is 8. The zero-order chi connectivity index (χ0) is 29.4. The lowest BCUT2D eigenvalue weighted by Gasteiger charge is -2.35. The number of nitrogens with one attached hydrogen (secondary N) is 2. The lowest BCUT2D eigenvalue weighted by atomic mass is 9.95. The second-order valence-electron chi connectivity index (χ2n) is 9.50. The minimum atomic E-state index is -4.47. The van der Waals surface area contributed by atoms with Crippen LogP contribution in [0.15, 0.2) is 24.3 Å². The maximum atomic E-state index is 13.2. The van der Waals surface area contributed by atoms with Crippen LogP contribution in [0, 0.1) is 5.92 Å². The number of aryl methyl sites for hydroxylation is 1. The van der Waals surface area contributed by atoms with Crippen LogP contribution in [0.4, 0.5) is 43.7 Å². The summed E-state index contributed by atoms with van der Waals surface area (Å²) in [4.78, 5) is 19.2. The van der Waals surface area contributed by atoms with Crippen LogP contribution in [0.1, 0.15) is 35.2 Å². The molecule has 2 heterocycles. The smallest absolute Gasteiger partial charge is 0.371 e. The van der Waals surface area contributed by atoms with Crippen molar-refractivity contribution in [3.8, 4) is 0 Å². The van der Waals surface area contributed by atoms with Crippen LogP contribution in [0.25, 0.3) is 11.0 Å². The molecule has 218 valence electrons. The molecule has 1 saturated heterocycles. The van der Waals surface area contributed by atoms with E-state index in [9.17, 15) is 31.1 Å². The molecule has 1 aliphatic heterocycles. The van der Waals surface area contributed by atoms with E-state index in [0.29, 0.717) is 38.0 Å². The molecule has 15 heteroatoms. The summed E-state index contributed by atoms with van der Waals surface area (Å²) in [5, 5.41) is 5.91. The molecule has 7 nitrogen and oxygen atoms in total. The number of anilines is 3. The number of nitrogens with zero attached hydrogens (tertiary/aromatic N) is 3. The summed E-state index contributed by atoms with van der Waals surface area (Å²) in [6.45, 7) is -0.467. The fraction of sp³-hybridized carbons (Fsp3) is 0.440. The summed E-state index contributed by atoms with van der Waals surface area (Å²) in [5.41, 5.74) is 7.86. The number of piperidine rings is 1. The van der Waals surface area contributed by atoms with Crippen molar-refractivity contribution in [3.63, 3.8) is 0 Å². The van der Waals surface area contributed by atoms with Gasteiger partial charge in [0.15, 0.2) is 0 Å². The minimum absolute atomic E-state index is 0.00553. The summed E-state index contributed by atoms with van der Waals surface area (Å²) in [7, 11) is 1.68. The Bertz CT molecular complexity index is 1400. The van der Waals surface area contributed by atoms with Gasteiger partial charge < -0.3 is 25.8 Å². The third-order valence-corrected chi connectivity index (χ3v) is 7.61. The van der Waals surface area contributed by atoms with E-state index >= 15 is 0 Å². The number of fused-ring (bicyclic) bond motifs is 1. The molecule has 0 saturated carbocycles. The van der Waals surface area contributed by atoms with Crippen LogP contribution in [-0.2, 0) is 13.6 Å². The largest absolute Gasteiger partial charge is 0.391 e. The molecule has 1 amide bonds. The number of benzene rings is 2. The van der Waals surface area contributed by atoms with Crippen molar-refractivity contribution < 1.29 is 31.1 Å². The van der Waals surface area contributed by atoms with E-state index in [1.165, 1.54) is 6.07 Å². The zero-order valence-electron chi connectivity index (χ0n) is 21.2. The van der Waals surface area contributed by atoms with Gasteiger partial charge in [-0.15, -0.1) is 0 Å². The van der Waals surface area contributed by atoms with Crippen LogP contribution in [-0.4, -0.2) is 47.4 Å². The number of rotatable bonds is 7. The van der Waals surface area contributed by atoms with Crippen LogP contribution >= 0.6 is 23.2 Å². The predicted molar refractivity (Wildman–Crippen MR) is 142 cm³/mol. The Kier molecular flexibility index (Phi) is 8.67. The topological polar surface area (TPSA) is 88.2 Å². The van der Waals surface area contributed by atoms with E-state index in [2.05, 4.69) is 15.6 Å². The predicted octanol–water partition coefficient (Wildman–Crippen LogP) is 6.54. The molecule has 0 unspecified atom stereocenters. The Labute approximate surface area is 235 Å². The van der Waals surface area contributed by atoms with Crippen LogP contribution in [0.5, 0.6) is 0 Å². The molecule has 0 atom stereocenters. The van der Waals surface area contributed by atoms with Gasteiger partial charge in [0, 0.05) is 33.2 Å². The van der Waals surface area contributed by atoms with E-state index in [-0.39, 0.29) is 44.0 Å². The third kappa shape index (κ3) is 6.52. The lowest BCUT2D eigenvalue weighted by Crippen LogP contribution is -2.40. The zero-order valence-corrected chi connectivity index (χ0v) is 22.7. The summed E-state index contributed by atoms with van der Waals surface area (Å²) in [5.74, 6) is -1.98. The fourth-order valence-corrected chi connectivity index (χ4v) is 5.17. The molecule has 2 aromatic carbocycles. The Morgan fingerprint density at radius 3 is 2.40 bits per heavy atom. The first-order valence-electron chi connectivity index (χ1n) is 12.3. The third-order valence-electron chi connectivity index (χ3n) is 6.86. The SMILES string of the molecule is Cn1c(Nc2c(Cl)ccc(CN)c2Cl)nc2cc(C(=O)NCCC(F)(F)F)c(N3CCC(C(F)(F)F)CC3)cc21. The molecule has 0 aliphatic carbocycles. The highest BCUT2D eigenvalue weighted by atomic mass is 35.5. The highest BCUT2D eigenvalue weighted by Gasteiger charge is 2.41. The van der Waals surface area contributed by atoms with Gasteiger partial charge in [0.1, 0.15) is 0 Å². The molecule has 0 bridgehead atoms. The number of carbonyl (C=O) groups is 1. The molecule has 4 N–H and O–H groups in total.